The summed E-state index contributed by atoms with van der Waals surface area (Å²) in [4.78, 5) is 0. The number of rotatable bonds is 1. The molecule has 0 N–H and O–H groups in total. The molecular weight excluding hydrogens is 275 g/mol. The summed E-state index contributed by atoms with van der Waals surface area (Å²) in [7, 11) is -1.44. The van der Waals surface area contributed by atoms with Gasteiger partial charge in [0.2, 0.25) is 5.79 Å². The molecule has 1 aromatic carbocycles. The van der Waals surface area contributed by atoms with E-state index in [4.69, 9.17) is 31.6 Å². The molecule has 1 heterocycles. The molecule has 1 aliphatic carbocycles. The third kappa shape index (κ3) is 2.21. The Labute approximate surface area is 112 Å². The maximum Gasteiger partial charge on any atom is 0.307 e. The quantitative estimate of drug-likeness (QED) is 0.584. The fourth-order valence-corrected chi connectivity index (χ4v) is 3.71. The first-order chi connectivity index (χ1) is 8.19. The molecule has 1 aromatic rings. The molecule has 0 bridgehead atoms. The number of hydrogen-bond acceptors (Lipinski definition) is 2. The SMILES string of the molecule is Cl[Si](Cl)c1ccc2c(c1)COC1(CCCC1)O2. The topological polar surface area (TPSA) is 18.5 Å². The van der Waals surface area contributed by atoms with E-state index < -0.39 is 7.42 Å². The van der Waals surface area contributed by atoms with Gasteiger partial charge in [-0.3, -0.25) is 0 Å². The highest BCUT2D eigenvalue weighted by molar-refractivity contribution is 7.39. The van der Waals surface area contributed by atoms with Crippen molar-refractivity contribution in [2.45, 2.75) is 38.1 Å². The van der Waals surface area contributed by atoms with Crippen molar-refractivity contribution in [3.05, 3.63) is 23.8 Å². The van der Waals surface area contributed by atoms with Gasteiger partial charge >= 0.3 is 7.42 Å². The van der Waals surface area contributed by atoms with Crippen LogP contribution in [0, 0.1) is 0 Å². The first-order valence-electron chi connectivity index (χ1n) is 5.83. The van der Waals surface area contributed by atoms with Crippen LogP contribution in [-0.2, 0) is 11.3 Å². The molecule has 1 fully saturated rings. The maximum absolute atomic E-state index is 6.02. The zero-order chi connectivity index (χ0) is 11.9. The van der Waals surface area contributed by atoms with E-state index in [1.807, 2.05) is 18.2 Å². The molecule has 5 heteroatoms. The van der Waals surface area contributed by atoms with Gasteiger partial charge < -0.3 is 9.47 Å². The van der Waals surface area contributed by atoms with Crippen molar-refractivity contribution in [3.8, 4) is 5.75 Å². The molecule has 0 unspecified atom stereocenters. The fourth-order valence-electron chi connectivity index (χ4n) is 2.51. The van der Waals surface area contributed by atoms with Gasteiger partial charge in [0, 0.05) is 18.4 Å². The van der Waals surface area contributed by atoms with Crippen molar-refractivity contribution >= 4 is 34.8 Å². The molecule has 91 valence electrons. The van der Waals surface area contributed by atoms with E-state index in [-0.39, 0.29) is 5.79 Å². The summed E-state index contributed by atoms with van der Waals surface area (Å²) in [5, 5.41) is 0.992. The molecule has 1 radical (unpaired) electrons. The molecule has 0 amide bonds. The summed E-state index contributed by atoms with van der Waals surface area (Å²) in [6.07, 6.45) is 4.36. The number of hydrogen-bond donors (Lipinski definition) is 0. The monoisotopic (exact) mass is 287 g/mol. The highest BCUT2D eigenvalue weighted by Gasteiger charge is 2.40. The summed E-state index contributed by atoms with van der Waals surface area (Å²) in [5.74, 6) is 0.572. The van der Waals surface area contributed by atoms with Crippen LogP contribution in [0.5, 0.6) is 5.75 Å². The first kappa shape index (κ1) is 11.8. The summed E-state index contributed by atoms with van der Waals surface area (Å²) < 4.78 is 11.9. The standard InChI is InChI=1S/C12H13Cl2O2Si/c13-17(14)10-3-4-11-9(7-10)8-15-12(16-11)5-1-2-6-12/h3-4,7H,1-2,5-6,8H2. The minimum absolute atomic E-state index is 0.357. The van der Waals surface area contributed by atoms with Crippen molar-refractivity contribution in [1.29, 1.82) is 0 Å². The zero-order valence-corrected chi connectivity index (χ0v) is 11.9. The van der Waals surface area contributed by atoms with E-state index in [0.29, 0.717) is 6.61 Å². The Bertz CT molecular complexity index is 431. The van der Waals surface area contributed by atoms with Crippen LogP contribution >= 0.6 is 22.2 Å². The van der Waals surface area contributed by atoms with E-state index >= 15 is 0 Å². The van der Waals surface area contributed by atoms with Gasteiger partial charge in [0.25, 0.3) is 0 Å². The molecule has 17 heavy (non-hydrogen) atoms. The van der Waals surface area contributed by atoms with E-state index in [9.17, 15) is 0 Å². The van der Waals surface area contributed by atoms with Crippen LogP contribution in [0.2, 0.25) is 0 Å². The Morgan fingerprint density at radius 3 is 2.65 bits per heavy atom. The van der Waals surface area contributed by atoms with Crippen LogP contribution in [0.15, 0.2) is 18.2 Å². The normalized spacial score (nSPS) is 21.6. The van der Waals surface area contributed by atoms with Crippen LogP contribution in [0.25, 0.3) is 0 Å². The predicted octanol–water partition coefficient (Wildman–Crippen LogP) is 3.04. The fraction of sp³-hybridized carbons (Fsp3) is 0.500. The second-order valence-electron chi connectivity index (χ2n) is 4.59. The largest absolute Gasteiger partial charge is 0.462 e. The third-order valence-electron chi connectivity index (χ3n) is 3.43. The summed E-state index contributed by atoms with van der Waals surface area (Å²) >= 11 is 11.9. The van der Waals surface area contributed by atoms with Crippen molar-refractivity contribution in [1.82, 2.24) is 0 Å². The second-order valence-corrected chi connectivity index (χ2v) is 8.54. The number of fused-ring (bicyclic) bond motifs is 1. The van der Waals surface area contributed by atoms with E-state index in [1.165, 1.54) is 12.8 Å². The van der Waals surface area contributed by atoms with Crippen molar-refractivity contribution in [2.24, 2.45) is 0 Å². The van der Waals surface area contributed by atoms with E-state index in [1.54, 1.807) is 0 Å². The summed E-state index contributed by atoms with van der Waals surface area (Å²) in [6, 6.07) is 5.94. The minimum atomic E-state index is -1.44. The van der Waals surface area contributed by atoms with Crippen molar-refractivity contribution in [3.63, 3.8) is 0 Å². The van der Waals surface area contributed by atoms with Crippen LogP contribution in [-0.4, -0.2) is 13.2 Å². The lowest BCUT2D eigenvalue weighted by Gasteiger charge is -2.35. The lowest BCUT2D eigenvalue weighted by atomic mass is 10.1. The predicted molar refractivity (Wildman–Crippen MR) is 70.2 cm³/mol. The maximum atomic E-state index is 6.02. The summed E-state index contributed by atoms with van der Waals surface area (Å²) in [5.41, 5.74) is 1.06. The van der Waals surface area contributed by atoms with Gasteiger partial charge in [-0.15, -0.1) is 22.2 Å². The minimum Gasteiger partial charge on any atom is -0.462 e. The van der Waals surface area contributed by atoms with Gasteiger partial charge in [0.1, 0.15) is 5.75 Å². The van der Waals surface area contributed by atoms with Gasteiger partial charge in [0.05, 0.1) is 6.61 Å². The van der Waals surface area contributed by atoms with Crippen LogP contribution in [0.1, 0.15) is 31.2 Å². The van der Waals surface area contributed by atoms with Crippen molar-refractivity contribution in [2.75, 3.05) is 0 Å². The highest BCUT2D eigenvalue weighted by atomic mass is 35.7. The molecule has 2 aliphatic rings. The highest BCUT2D eigenvalue weighted by Crippen LogP contribution is 2.40. The average molecular weight is 288 g/mol. The molecule has 0 atom stereocenters. The Kier molecular flexibility index (Phi) is 3.11. The average Bonchev–Trinajstić information content (AvgIpc) is 2.76. The Morgan fingerprint density at radius 1 is 1.18 bits per heavy atom. The van der Waals surface area contributed by atoms with Crippen molar-refractivity contribution < 1.29 is 9.47 Å². The number of ether oxygens (including phenoxy) is 2. The number of halogens is 2. The molecule has 1 saturated carbocycles. The number of benzene rings is 1. The molecule has 2 nitrogen and oxygen atoms in total. The van der Waals surface area contributed by atoms with Crippen LogP contribution in [0.3, 0.4) is 0 Å². The van der Waals surface area contributed by atoms with Crippen LogP contribution in [0.4, 0.5) is 0 Å². The van der Waals surface area contributed by atoms with Gasteiger partial charge in [-0.25, -0.2) is 0 Å². The summed E-state index contributed by atoms with van der Waals surface area (Å²) in [6.45, 7) is 0.603. The van der Waals surface area contributed by atoms with Gasteiger partial charge in [-0.2, -0.15) is 0 Å². The molecule has 0 saturated heterocycles. The van der Waals surface area contributed by atoms with Gasteiger partial charge in [-0.05, 0) is 24.1 Å². The molecule has 0 aromatic heterocycles. The Hall–Kier alpha value is -0.223. The lowest BCUT2D eigenvalue weighted by molar-refractivity contribution is -0.200. The molecular formula is C12H13Cl2O2Si. The van der Waals surface area contributed by atoms with E-state index in [2.05, 4.69) is 0 Å². The molecule has 3 rings (SSSR count). The van der Waals surface area contributed by atoms with Crippen LogP contribution < -0.4 is 9.92 Å². The Balaban J connectivity index is 1.88. The second kappa shape index (κ2) is 4.46. The van der Waals surface area contributed by atoms with Gasteiger partial charge in [0.15, 0.2) is 0 Å². The lowest BCUT2D eigenvalue weighted by Crippen LogP contribution is -2.39. The third-order valence-corrected chi connectivity index (χ3v) is 5.49. The zero-order valence-electron chi connectivity index (χ0n) is 9.34. The van der Waals surface area contributed by atoms with Gasteiger partial charge in [-0.1, -0.05) is 12.1 Å². The van der Waals surface area contributed by atoms with E-state index in [0.717, 1.165) is 29.3 Å². The molecule has 1 spiro atoms. The Morgan fingerprint density at radius 2 is 1.94 bits per heavy atom. The smallest absolute Gasteiger partial charge is 0.307 e. The first-order valence-corrected chi connectivity index (χ1v) is 9.35. The molecule has 1 aliphatic heterocycles.